The van der Waals surface area contributed by atoms with Crippen molar-refractivity contribution >= 4 is 85.4 Å². The van der Waals surface area contributed by atoms with Gasteiger partial charge in [0.05, 0.1) is 10.6 Å². The Morgan fingerprint density at radius 3 is 2.50 bits per heavy atom. The van der Waals surface area contributed by atoms with Gasteiger partial charge in [0.1, 0.15) is 12.4 Å². The van der Waals surface area contributed by atoms with Gasteiger partial charge in [-0.1, -0.05) is 62.9 Å². The second-order valence-electron chi connectivity index (χ2n) is 6.70. The monoisotopic (exact) mass is 567 g/mol. The van der Waals surface area contributed by atoms with E-state index in [1.807, 2.05) is 12.1 Å². The van der Waals surface area contributed by atoms with Gasteiger partial charge in [-0.25, -0.2) is 4.90 Å². The van der Waals surface area contributed by atoms with Crippen LogP contribution in [-0.2, 0) is 11.4 Å². The fourth-order valence-electron chi connectivity index (χ4n) is 3.00. The number of amides is 2. The first-order chi connectivity index (χ1) is 15.3. The zero-order valence-electron chi connectivity index (χ0n) is 16.2. The van der Waals surface area contributed by atoms with Crippen LogP contribution in [0.2, 0.25) is 15.1 Å². The van der Waals surface area contributed by atoms with E-state index in [0.717, 1.165) is 26.7 Å². The van der Waals surface area contributed by atoms with Crippen molar-refractivity contribution in [2.45, 2.75) is 6.61 Å². The molecule has 0 bridgehead atoms. The predicted octanol–water partition coefficient (Wildman–Crippen LogP) is 8.23. The summed E-state index contributed by atoms with van der Waals surface area (Å²) in [6.07, 6.45) is 1.64. The van der Waals surface area contributed by atoms with E-state index < -0.39 is 11.1 Å². The highest BCUT2D eigenvalue weighted by Crippen LogP contribution is 2.38. The van der Waals surface area contributed by atoms with Crippen LogP contribution in [0.1, 0.15) is 11.1 Å². The Balaban J connectivity index is 1.61. The standard InChI is InChI=1S/C23H13BrCl3NO3S/c24-15-5-7-20(31-12-13-4-6-17(26)11-19(13)27)14(8-15)9-21-22(29)28(23(30)32-21)18-3-1-2-16(25)10-18/h1-11H,12H2/b21-9+. The summed E-state index contributed by atoms with van der Waals surface area (Å²) in [6.45, 7) is 0.211. The highest BCUT2D eigenvalue weighted by atomic mass is 79.9. The summed E-state index contributed by atoms with van der Waals surface area (Å²) in [4.78, 5) is 26.9. The van der Waals surface area contributed by atoms with Gasteiger partial charge < -0.3 is 4.74 Å². The van der Waals surface area contributed by atoms with Crippen molar-refractivity contribution in [1.29, 1.82) is 0 Å². The lowest BCUT2D eigenvalue weighted by Gasteiger charge is -2.13. The molecule has 0 N–H and O–H groups in total. The third kappa shape index (κ3) is 5.16. The van der Waals surface area contributed by atoms with Gasteiger partial charge in [-0.2, -0.15) is 0 Å². The van der Waals surface area contributed by atoms with Crippen LogP contribution in [0.4, 0.5) is 10.5 Å². The highest BCUT2D eigenvalue weighted by molar-refractivity contribution is 9.10. The van der Waals surface area contributed by atoms with Gasteiger partial charge in [0, 0.05) is 30.7 Å². The number of carbonyl (C=O) groups excluding carboxylic acids is 2. The van der Waals surface area contributed by atoms with E-state index in [1.54, 1.807) is 54.6 Å². The minimum Gasteiger partial charge on any atom is -0.488 e. The molecular weight excluding hydrogens is 557 g/mol. The molecule has 3 aromatic carbocycles. The number of hydrogen-bond acceptors (Lipinski definition) is 4. The summed E-state index contributed by atoms with van der Waals surface area (Å²) in [7, 11) is 0. The van der Waals surface area contributed by atoms with Gasteiger partial charge in [-0.3, -0.25) is 9.59 Å². The minimum atomic E-state index is -0.422. The summed E-state index contributed by atoms with van der Waals surface area (Å²) in [5.41, 5.74) is 1.83. The molecule has 1 aliphatic rings. The second kappa shape index (κ2) is 9.89. The fourth-order valence-corrected chi connectivity index (χ4v) is 4.86. The number of anilines is 1. The van der Waals surface area contributed by atoms with E-state index in [9.17, 15) is 9.59 Å². The van der Waals surface area contributed by atoms with Gasteiger partial charge in [-0.05, 0) is 66.4 Å². The molecule has 0 spiro atoms. The average molecular weight is 570 g/mol. The number of nitrogens with zero attached hydrogens (tertiary/aromatic N) is 1. The zero-order valence-corrected chi connectivity index (χ0v) is 20.8. The smallest absolute Gasteiger partial charge is 0.298 e. The molecule has 1 aliphatic heterocycles. The van der Waals surface area contributed by atoms with Crippen molar-refractivity contribution in [1.82, 2.24) is 0 Å². The van der Waals surface area contributed by atoms with Gasteiger partial charge >= 0.3 is 0 Å². The molecule has 0 aromatic heterocycles. The molecule has 0 radical (unpaired) electrons. The maximum absolute atomic E-state index is 13.0. The molecule has 1 heterocycles. The number of carbonyl (C=O) groups is 2. The van der Waals surface area contributed by atoms with E-state index in [4.69, 9.17) is 39.5 Å². The molecule has 4 nitrogen and oxygen atoms in total. The Labute approximate surface area is 212 Å². The summed E-state index contributed by atoms with van der Waals surface area (Å²) in [5, 5.41) is 1.08. The lowest BCUT2D eigenvalue weighted by atomic mass is 10.1. The van der Waals surface area contributed by atoms with Gasteiger partial charge in [0.2, 0.25) is 0 Å². The van der Waals surface area contributed by atoms with E-state index >= 15 is 0 Å². The minimum absolute atomic E-state index is 0.211. The van der Waals surface area contributed by atoms with Crippen molar-refractivity contribution in [3.05, 3.63) is 96.2 Å². The molecule has 0 atom stereocenters. The summed E-state index contributed by atoms with van der Waals surface area (Å²) >= 11 is 22.5. The van der Waals surface area contributed by atoms with Gasteiger partial charge in [0.15, 0.2) is 0 Å². The van der Waals surface area contributed by atoms with Crippen LogP contribution in [0, 0.1) is 0 Å². The molecule has 0 aliphatic carbocycles. The zero-order chi connectivity index (χ0) is 22.8. The normalized spacial score (nSPS) is 15.0. The Morgan fingerprint density at radius 2 is 1.75 bits per heavy atom. The van der Waals surface area contributed by atoms with Crippen LogP contribution >= 0.6 is 62.5 Å². The van der Waals surface area contributed by atoms with Crippen molar-refractivity contribution in [3.63, 3.8) is 0 Å². The molecule has 1 fully saturated rings. The number of rotatable bonds is 5. The lowest BCUT2D eigenvalue weighted by molar-refractivity contribution is -0.113. The summed E-state index contributed by atoms with van der Waals surface area (Å²) < 4.78 is 6.77. The Hall–Kier alpha value is -1.96. The van der Waals surface area contributed by atoms with Crippen LogP contribution in [0.5, 0.6) is 5.75 Å². The molecule has 0 unspecified atom stereocenters. The van der Waals surface area contributed by atoms with E-state index in [-0.39, 0.29) is 11.5 Å². The maximum atomic E-state index is 13.0. The fraction of sp³-hybridized carbons (Fsp3) is 0.0435. The van der Waals surface area contributed by atoms with Crippen molar-refractivity contribution in [2.24, 2.45) is 0 Å². The summed E-state index contributed by atoms with van der Waals surface area (Å²) in [6, 6.07) is 17.2. The van der Waals surface area contributed by atoms with Crippen molar-refractivity contribution in [3.8, 4) is 5.75 Å². The van der Waals surface area contributed by atoms with Crippen LogP contribution in [0.25, 0.3) is 6.08 Å². The van der Waals surface area contributed by atoms with E-state index in [2.05, 4.69) is 15.9 Å². The topological polar surface area (TPSA) is 46.6 Å². The molecular formula is C23H13BrCl3NO3S. The second-order valence-corrected chi connectivity index (χ2v) is 9.89. The number of ether oxygens (including phenoxy) is 1. The largest absolute Gasteiger partial charge is 0.488 e. The van der Waals surface area contributed by atoms with Gasteiger partial charge in [-0.15, -0.1) is 0 Å². The molecule has 32 heavy (non-hydrogen) atoms. The Bertz CT molecular complexity index is 1260. The number of hydrogen-bond donors (Lipinski definition) is 0. The average Bonchev–Trinajstić information content (AvgIpc) is 3.01. The molecule has 4 rings (SSSR count). The van der Waals surface area contributed by atoms with Crippen molar-refractivity contribution < 1.29 is 14.3 Å². The first kappa shape index (κ1) is 23.2. The molecule has 162 valence electrons. The maximum Gasteiger partial charge on any atom is 0.298 e. The third-order valence-corrected chi connectivity index (χ3v) is 6.70. The molecule has 0 saturated carbocycles. The Kier molecular flexibility index (Phi) is 7.17. The van der Waals surface area contributed by atoms with Crippen molar-refractivity contribution in [2.75, 3.05) is 4.90 Å². The number of benzene rings is 3. The molecule has 3 aromatic rings. The van der Waals surface area contributed by atoms with E-state index in [0.29, 0.717) is 32.1 Å². The van der Waals surface area contributed by atoms with Crippen LogP contribution in [0.3, 0.4) is 0 Å². The van der Waals surface area contributed by atoms with Crippen LogP contribution in [0.15, 0.2) is 70.0 Å². The highest BCUT2D eigenvalue weighted by Gasteiger charge is 2.36. The Morgan fingerprint density at radius 1 is 0.969 bits per heavy atom. The predicted molar refractivity (Wildman–Crippen MR) is 135 cm³/mol. The van der Waals surface area contributed by atoms with E-state index in [1.165, 1.54) is 0 Å². The number of imide groups is 1. The first-order valence-electron chi connectivity index (χ1n) is 9.21. The molecule has 1 saturated heterocycles. The number of thioether (sulfide) groups is 1. The van der Waals surface area contributed by atoms with Crippen LogP contribution in [-0.4, -0.2) is 11.1 Å². The SMILES string of the molecule is O=C1S/C(=C/c2cc(Br)ccc2OCc2ccc(Cl)cc2Cl)C(=O)N1c1cccc(Cl)c1. The molecule has 9 heteroatoms. The van der Waals surface area contributed by atoms with Gasteiger partial charge in [0.25, 0.3) is 11.1 Å². The number of halogens is 4. The lowest BCUT2D eigenvalue weighted by Crippen LogP contribution is -2.27. The third-order valence-electron chi connectivity index (χ3n) is 4.52. The van der Waals surface area contributed by atoms with Crippen LogP contribution < -0.4 is 9.64 Å². The summed E-state index contributed by atoms with van der Waals surface area (Å²) in [5.74, 6) is 0.114. The first-order valence-corrected chi connectivity index (χ1v) is 12.0. The quantitative estimate of drug-likeness (QED) is 0.291. The molecule has 2 amide bonds.